The molecule has 4 heteroatoms. The van der Waals surface area contributed by atoms with Gasteiger partial charge >= 0.3 is 5.97 Å². The van der Waals surface area contributed by atoms with Gasteiger partial charge in [0.25, 0.3) is 0 Å². The molecule has 0 aromatic heterocycles. The molecule has 0 saturated carbocycles. The summed E-state index contributed by atoms with van der Waals surface area (Å²) in [6.07, 6.45) is 4.92. The minimum Gasteiger partial charge on any atom is -0.478 e. The monoisotopic (exact) mass is 199 g/mol. The summed E-state index contributed by atoms with van der Waals surface area (Å²) in [6.45, 7) is 1.56. The van der Waals surface area contributed by atoms with Crippen LogP contribution in [0.25, 0.3) is 0 Å². The maximum absolute atomic E-state index is 10.4. The van der Waals surface area contributed by atoms with Crippen LogP contribution in [0.3, 0.4) is 0 Å². The van der Waals surface area contributed by atoms with Crippen molar-refractivity contribution in [2.45, 2.75) is 18.9 Å². The smallest absolute Gasteiger partial charge is 0.328 e. The lowest BCUT2D eigenvalue weighted by atomic mass is 9.91. The van der Waals surface area contributed by atoms with Gasteiger partial charge < -0.3 is 15.2 Å². The van der Waals surface area contributed by atoms with Gasteiger partial charge in [-0.1, -0.05) is 6.08 Å². The van der Waals surface area contributed by atoms with Crippen LogP contribution in [0.15, 0.2) is 12.2 Å². The molecule has 1 fully saturated rings. The van der Waals surface area contributed by atoms with Crippen LogP contribution in [0, 0.1) is 5.92 Å². The van der Waals surface area contributed by atoms with Crippen molar-refractivity contribution in [2.75, 3.05) is 20.3 Å². The fourth-order valence-electron chi connectivity index (χ4n) is 1.75. The highest BCUT2D eigenvalue weighted by molar-refractivity contribution is 5.79. The number of aliphatic carboxylic acids is 1. The molecule has 1 saturated heterocycles. The largest absolute Gasteiger partial charge is 0.478 e. The van der Waals surface area contributed by atoms with E-state index in [1.807, 2.05) is 7.05 Å². The Morgan fingerprint density at radius 3 is 2.71 bits per heavy atom. The molecular formula is C10H17NO3. The minimum absolute atomic E-state index is 0.148. The SMILES string of the molecule is CNC(/C=C/C(=O)O)C1CCOCC1. The van der Waals surface area contributed by atoms with Crippen LogP contribution in [0.1, 0.15) is 12.8 Å². The van der Waals surface area contributed by atoms with Crippen LogP contribution in [0.5, 0.6) is 0 Å². The van der Waals surface area contributed by atoms with E-state index < -0.39 is 5.97 Å². The predicted molar refractivity (Wildman–Crippen MR) is 53.2 cm³/mol. The molecule has 1 aliphatic rings. The number of rotatable bonds is 4. The highest BCUT2D eigenvalue weighted by Crippen LogP contribution is 2.19. The Balaban J connectivity index is 2.47. The summed E-state index contributed by atoms with van der Waals surface area (Å²) < 4.78 is 5.25. The van der Waals surface area contributed by atoms with E-state index in [2.05, 4.69) is 5.32 Å². The first-order valence-corrected chi connectivity index (χ1v) is 4.90. The third-order valence-corrected chi connectivity index (χ3v) is 2.55. The standard InChI is InChI=1S/C10H17NO3/c1-11-9(2-3-10(12)13)8-4-6-14-7-5-8/h2-3,8-9,11H,4-7H2,1H3,(H,12,13)/b3-2+. The van der Waals surface area contributed by atoms with E-state index in [0.717, 1.165) is 26.1 Å². The molecule has 80 valence electrons. The van der Waals surface area contributed by atoms with Gasteiger partial charge in [0.2, 0.25) is 0 Å². The Kier molecular flexibility index (Phi) is 4.62. The molecular weight excluding hydrogens is 182 g/mol. The second-order valence-electron chi connectivity index (χ2n) is 3.46. The van der Waals surface area contributed by atoms with Gasteiger partial charge in [0.05, 0.1) is 0 Å². The molecule has 0 aromatic rings. The van der Waals surface area contributed by atoms with E-state index in [0.29, 0.717) is 5.92 Å². The normalized spacial score (nSPS) is 21.2. The molecule has 1 heterocycles. The van der Waals surface area contributed by atoms with Crippen molar-refractivity contribution in [2.24, 2.45) is 5.92 Å². The summed E-state index contributed by atoms with van der Waals surface area (Å²) in [7, 11) is 1.85. The summed E-state index contributed by atoms with van der Waals surface area (Å²) in [4.78, 5) is 10.4. The Hall–Kier alpha value is -0.870. The van der Waals surface area contributed by atoms with Crippen LogP contribution in [0.4, 0.5) is 0 Å². The van der Waals surface area contributed by atoms with Crippen molar-refractivity contribution < 1.29 is 14.6 Å². The lowest BCUT2D eigenvalue weighted by molar-refractivity contribution is -0.131. The summed E-state index contributed by atoms with van der Waals surface area (Å²) in [5.74, 6) is -0.401. The number of carboxylic acid groups (broad SMARTS) is 1. The van der Waals surface area contributed by atoms with Crippen molar-refractivity contribution in [3.63, 3.8) is 0 Å². The van der Waals surface area contributed by atoms with Crippen LogP contribution in [-0.2, 0) is 9.53 Å². The lowest BCUT2D eigenvalue weighted by Crippen LogP contribution is -2.35. The van der Waals surface area contributed by atoms with Crippen LogP contribution in [-0.4, -0.2) is 37.4 Å². The maximum atomic E-state index is 10.4. The summed E-state index contributed by atoms with van der Waals surface area (Å²) in [6, 6.07) is 0.148. The van der Waals surface area contributed by atoms with E-state index in [4.69, 9.17) is 9.84 Å². The number of hydrogen-bond donors (Lipinski definition) is 2. The number of carbonyl (C=O) groups is 1. The lowest BCUT2D eigenvalue weighted by Gasteiger charge is -2.27. The molecule has 0 aliphatic carbocycles. The average Bonchev–Trinajstić information content (AvgIpc) is 2.20. The molecule has 14 heavy (non-hydrogen) atoms. The van der Waals surface area contributed by atoms with Gasteiger partial charge in [-0.25, -0.2) is 4.79 Å². The van der Waals surface area contributed by atoms with Crippen LogP contribution >= 0.6 is 0 Å². The first-order valence-electron chi connectivity index (χ1n) is 4.90. The molecule has 1 unspecified atom stereocenters. The van der Waals surface area contributed by atoms with Crippen LogP contribution in [0.2, 0.25) is 0 Å². The Morgan fingerprint density at radius 2 is 2.21 bits per heavy atom. The van der Waals surface area contributed by atoms with Gasteiger partial charge in [0.1, 0.15) is 0 Å². The summed E-state index contributed by atoms with van der Waals surface area (Å²) >= 11 is 0. The van der Waals surface area contributed by atoms with Crippen LogP contribution < -0.4 is 5.32 Å². The Bertz CT molecular complexity index is 209. The zero-order valence-electron chi connectivity index (χ0n) is 8.40. The fourth-order valence-corrected chi connectivity index (χ4v) is 1.75. The van der Waals surface area contributed by atoms with E-state index in [1.165, 1.54) is 6.08 Å². The van der Waals surface area contributed by atoms with E-state index in [9.17, 15) is 4.79 Å². The van der Waals surface area contributed by atoms with Crippen molar-refractivity contribution in [1.82, 2.24) is 5.32 Å². The molecule has 0 spiro atoms. The predicted octanol–water partition coefficient (Wildman–Crippen LogP) is 0.642. The molecule has 1 atom stereocenters. The van der Waals surface area contributed by atoms with E-state index in [1.54, 1.807) is 6.08 Å². The van der Waals surface area contributed by atoms with Gasteiger partial charge in [-0.3, -0.25) is 0 Å². The van der Waals surface area contributed by atoms with Gasteiger partial charge in [-0.15, -0.1) is 0 Å². The highest BCUT2D eigenvalue weighted by Gasteiger charge is 2.20. The van der Waals surface area contributed by atoms with Gasteiger partial charge in [0.15, 0.2) is 0 Å². The van der Waals surface area contributed by atoms with Gasteiger partial charge in [-0.05, 0) is 25.8 Å². The van der Waals surface area contributed by atoms with Crippen molar-refractivity contribution in [1.29, 1.82) is 0 Å². The maximum Gasteiger partial charge on any atom is 0.328 e. The third kappa shape index (κ3) is 3.47. The fraction of sp³-hybridized carbons (Fsp3) is 0.700. The zero-order valence-corrected chi connectivity index (χ0v) is 8.40. The number of carboxylic acids is 1. The second-order valence-corrected chi connectivity index (χ2v) is 3.46. The van der Waals surface area contributed by atoms with E-state index >= 15 is 0 Å². The van der Waals surface area contributed by atoms with Crippen molar-refractivity contribution in [3.8, 4) is 0 Å². The first-order chi connectivity index (χ1) is 6.74. The summed E-state index contributed by atoms with van der Waals surface area (Å²) in [5.41, 5.74) is 0. The summed E-state index contributed by atoms with van der Waals surface area (Å²) in [5, 5.41) is 11.6. The van der Waals surface area contributed by atoms with Gasteiger partial charge in [0, 0.05) is 25.3 Å². The number of hydrogen-bond acceptors (Lipinski definition) is 3. The third-order valence-electron chi connectivity index (χ3n) is 2.55. The first kappa shape index (κ1) is 11.2. The molecule has 0 amide bonds. The molecule has 1 aliphatic heterocycles. The number of likely N-dealkylation sites (N-methyl/N-ethyl adjacent to an activating group) is 1. The topological polar surface area (TPSA) is 58.6 Å². The molecule has 2 N–H and O–H groups in total. The van der Waals surface area contributed by atoms with Gasteiger partial charge in [-0.2, -0.15) is 0 Å². The molecule has 0 bridgehead atoms. The molecule has 0 radical (unpaired) electrons. The number of ether oxygens (including phenoxy) is 1. The average molecular weight is 199 g/mol. The second kappa shape index (κ2) is 5.78. The van der Waals surface area contributed by atoms with E-state index in [-0.39, 0.29) is 6.04 Å². The number of nitrogens with one attached hydrogen (secondary N) is 1. The Labute approximate surface area is 83.9 Å². The highest BCUT2D eigenvalue weighted by atomic mass is 16.5. The molecule has 1 rings (SSSR count). The molecule has 4 nitrogen and oxygen atoms in total. The van der Waals surface area contributed by atoms with Crippen molar-refractivity contribution in [3.05, 3.63) is 12.2 Å². The minimum atomic E-state index is -0.891. The Morgan fingerprint density at radius 1 is 1.57 bits per heavy atom. The quantitative estimate of drug-likeness (QED) is 0.652. The van der Waals surface area contributed by atoms with Crippen molar-refractivity contribution >= 4 is 5.97 Å². The molecule has 0 aromatic carbocycles. The zero-order chi connectivity index (χ0) is 10.4.